The number of rotatable bonds is 5. The predicted octanol–water partition coefficient (Wildman–Crippen LogP) is 2.72. The van der Waals surface area contributed by atoms with E-state index in [9.17, 15) is 5.11 Å². The van der Waals surface area contributed by atoms with Gasteiger partial charge < -0.3 is 9.84 Å². The Kier molecular flexibility index (Phi) is 4.45. The molecule has 3 heteroatoms. The molecule has 0 radical (unpaired) electrons. The zero-order chi connectivity index (χ0) is 13.1. The molecular formula is C16H29NO2. The average Bonchev–Trinajstić information content (AvgIpc) is 3.14. The largest absolute Gasteiger partial charge is 0.395 e. The van der Waals surface area contributed by atoms with Crippen molar-refractivity contribution in [1.29, 1.82) is 0 Å². The smallest absolute Gasteiger partial charge is 0.0710 e. The van der Waals surface area contributed by atoms with Gasteiger partial charge >= 0.3 is 0 Å². The van der Waals surface area contributed by atoms with Crippen LogP contribution in [0.25, 0.3) is 0 Å². The van der Waals surface area contributed by atoms with E-state index in [2.05, 4.69) is 4.90 Å². The summed E-state index contributed by atoms with van der Waals surface area (Å²) in [5, 5.41) is 9.29. The molecule has 1 aliphatic heterocycles. The van der Waals surface area contributed by atoms with Crippen LogP contribution < -0.4 is 0 Å². The molecule has 3 aliphatic rings. The molecule has 0 bridgehead atoms. The van der Waals surface area contributed by atoms with Crippen LogP contribution in [0.5, 0.6) is 0 Å². The van der Waals surface area contributed by atoms with Crippen molar-refractivity contribution in [2.24, 2.45) is 0 Å². The quantitative estimate of drug-likeness (QED) is 0.831. The molecule has 1 N–H and O–H groups in total. The summed E-state index contributed by atoms with van der Waals surface area (Å²) in [6.45, 7) is 2.17. The van der Waals surface area contributed by atoms with Crippen LogP contribution in [0.2, 0.25) is 0 Å². The highest BCUT2D eigenvalue weighted by molar-refractivity contribution is 4.94. The summed E-state index contributed by atoms with van der Waals surface area (Å²) in [4.78, 5) is 2.51. The second-order valence-electron chi connectivity index (χ2n) is 6.83. The van der Waals surface area contributed by atoms with Gasteiger partial charge in [0.25, 0.3) is 0 Å². The van der Waals surface area contributed by atoms with Crippen LogP contribution in [0, 0.1) is 0 Å². The second-order valence-corrected chi connectivity index (χ2v) is 6.83. The summed E-state index contributed by atoms with van der Waals surface area (Å²) in [7, 11) is 0. The summed E-state index contributed by atoms with van der Waals surface area (Å²) in [6, 6.07) is 0.705. The third-order valence-corrected chi connectivity index (χ3v) is 5.52. The summed E-state index contributed by atoms with van der Waals surface area (Å²) in [5.41, 5.74) is 0.255. The van der Waals surface area contributed by atoms with Gasteiger partial charge in [-0.15, -0.1) is 0 Å². The first-order chi connectivity index (χ1) is 9.31. The number of nitrogens with zero attached hydrogens (tertiary/aromatic N) is 1. The Balaban J connectivity index is 1.53. The van der Waals surface area contributed by atoms with Crippen molar-refractivity contribution in [3.63, 3.8) is 0 Å². The number of ether oxygens (including phenoxy) is 1. The molecule has 0 aromatic heterocycles. The van der Waals surface area contributed by atoms with Gasteiger partial charge in [-0.3, -0.25) is 4.90 Å². The fourth-order valence-corrected chi connectivity index (χ4v) is 4.49. The molecule has 1 unspecified atom stereocenters. The van der Waals surface area contributed by atoms with Crippen molar-refractivity contribution in [3.05, 3.63) is 0 Å². The number of aliphatic hydroxyl groups is 1. The van der Waals surface area contributed by atoms with E-state index < -0.39 is 0 Å². The highest BCUT2D eigenvalue weighted by Gasteiger charge is 2.42. The molecule has 19 heavy (non-hydrogen) atoms. The SMILES string of the molecule is OCCN(CC1CCC2(CCCC2)O1)C1CCCC1. The van der Waals surface area contributed by atoms with Crippen LogP contribution in [-0.4, -0.2) is 47.4 Å². The molecule has 1 heterocycles. The Morgan fingerprint density at radius 2 is 1.74 bits per heavy atom. The Hall–Kier alpha value is -0.120. The normalized spacial score (nSPS) is 30.9. The Bertz CT molecular complexity index is 282. The van der Waals surface area contributed by atoms with E-state index >= 15 is 0 Å². The van der Waals surface area contributed by atoms with Crippen molar-refractivity contribution in [1.82, 2.24) is 4.90 Å². The van der Waals surface area contributed by atoms with Crippen molar-refractivity contribution in [2.45, 2.75) is 82.0 Å². The van der Waals surface area contributed by atoms with Gasteiger partial charge in [-0.25, -0.2) is 0 Å². The fraction of sp³-hybridized carbons (Fsp3) is 1.00. The van der Waals surface area contributed by atoms with Crippen molar-refractivity contribution in [3.8, 4) is 0 Å². The summed E-state index contributed by atoms with van der Waals surface area (Å²) < 4.78 is 6.42. The van der Waals surface area contributed by atoms with E-state index in [1.165, 1.54) is 64.2 Å². The molecule has 2 saturated carbocycles. The van der Waals surface area contributed by atoms with E-state index in [-0.39, 0.29) is 12.2 Å². The van der Waals surface area contributed by atoms with E-state index in [1.54, 1.807) is 0 Å². The minimum absolute atomic E-state index is 0.255. The topological polar surface area (TPSA) is 32.7 Å². The molecule has 3 nitrogen and oxygen atoms in total. The monoisotopic (exact) mass is 267 g/mol. The second kappa shape index (κ2) is 6.11. The molecule has 2 aliphatic carbocycles. The van der Waals surface area contributed by atoms with Crippen LogP contribution >= 0.6 is 0 Å². The molecule has 110 valence electrons. The summed E-state index contributed by atoms with van der Waals surface area (Å²) >= 11 is 0. The minimum atomic E-state index is 0.255. The van der Waals surface area contributed by atoms with Gasteiger partial charge in [0.05, 0.1) is 18.3 Å². The lowest BCUT2D eigenvalue weighted by Crippen LogP contribution is -2.41. The van der Waals surface area contributed by atoms with Crippen molar-refractivity contribution >= 4 is 0 Å². The lowest BCUT2D eigenvalue weighted by atomic mass is 9.98. The first kappa shape index (κ1) is 13.8. The maximum absolute atomic E-state index is 9.29. The van der Waals surface area contributed by atoms with Gasteiger partial charge in [-0.2, -0.15) is 0 Å². The molecule has 3 rings (SSSR count). The van der Waals surface area contributed by atoms with Gasteiger partial charge in [0, 0.05) is 19.1 Å². The Labute approximate surface area is 117 Å². The van der Waals surface area contributed by atoms with E-state index in [0.717, 1.165) is 13.1 Å². The molecular weight excluding hydrogens is 238 g/mol. The van der Waals surface area contributed by atoms with Crippen molar-refractivity contribution < 1.29 is 9.84 Å². The first-order valence-electron chi connectivity index (χ1n) is 8.34. The molecule has 0 aromatic carbocycles. The number of hydrogen-bond acceptors (Lipinski definition) is 3. The zero-order valence-electron chi connectivity index (χ0n) is 12.1. The van der Waals surface area contributed by atoms with E-state index in [0.29, 0.717) is 12.1 Å². The molecule has 1 spiro atoms. The Morgan fingerprint density at radius 3 is 2.42 bits per heavy atom. The van der Waals surface area contributed by atoms with Crippen LogP contribution in [-0.2, 0) is 4.74 Å². The summed E-state index contributed by atoms with van der Waals surface area (Å²) in [5.74, 6) is 0. The van der Waals surface area contributed by atoms with Crippen LogP contribution in [0.1, 0.15) is 64.2 Å². The predicted molar refractivity (Wildman–Crippen MR) is 76.2 cm³/mol. The molecule has 1 atom stereocenters. The van der Waals surface area contributed by atoms with Gasteiger partial charge in [0.15, 0.2) is 0 Å². The lowest BCUT2D eigenvalue weighted by Gasteiger charge is -2.31. The molecule has 3 fully saturated rings. The van der Waals surface area contributed by atoms with Gasteiger partial charge in [0.1, 0.15) is 0 Å². The highest BCUT2D eigenvalue weighted by atomic mass is 16.5. The van der Waals surface area contributed by atoms with Gasteiger partial charge in [-0.05, 0) is 38.5 Å². The number of aliphatic hydroxyl groups excluding tert-OH is 1. The maximum atomic E-state index is 9.29. The lowest BCUT2D eigenvalue weighted by molar-refractivity contribution is -0.0523. The average molecular weight is 267 g/mol. The third-order valence-electron chi connectivity index (χ3n) is 5.52. The molecule has 0 amide bonds. The third kappa shape index (κ3) is 3.14. The molecule has 1 saturated heterocycles. The highest BCUT2D eigenvalue weighted by Crippen LogP contribution is 2.43. The van der Waals surface area contributed by atoms with Crippen LogP contribution in [0.15, 0.2) is 0 Å². The first-order valence-corrected chi connectivity index (χ1v) is 8.34. The van der Waals surface area contributed by atoms with Gasteiger partial charge in [-0.1, -0.05) is 25.7 Å². The maximum Gasteiger partial charge on any atom is 0.0710 e. The van der Waals surface area contributed by atoms with E-state index in [4.69, 9.17) is 4.74 Å². The van der Waals surface area contributed by atoms with E-state index in [1.807, 2.05) is 0 Å². The zero-order valence-corrected chi connectivity index (χ0v) is 12.1. The van der Waals surface area contributed by atoms with Crippen LogP contribution in [0.3, 0.4) is 0 Å². The standard InChI is InChI=1S/C16H29NO2/c18-12-11-17(14-5-1-2-6-14)13-15-7-10-16(19-15)8-3-4-9-16/h14-15,18H,1-13H2. The van der Waals surface area contributed by atoms with Crippen LogP contribution in [0.4, 0.5) is 0 Å². The molecule has 0 aromatic rings. The number of hydrogen-bond donors (Lipinski definition) is 1. The van der Waals surface area contributed by atoms with Gasteiger partial charge in [0.2, 0.25) is 0 Å². The minimum Gasteiger partial charge on any atom is -0.395 e. The Morgan fingerprint density at radius 1 is 1.00 bits per heavy atom. The van der Waals surface area contributed by atoms with Crippen molar-refractivity contribution in [2.75, 3.05) is 19.7 Å². The summed E-state index contributed by atoms with van der Waals surface area (Å²) in [6.07, 6.45) is 13.6. The fourth-order valence-electron chi connectivity index (χ4n) is 4.49.